The van der Waals surface area contributed by atoms with Gasteiger partial charge >= 0.3 is 0 Å². The summed E-state index contributed by atoms with van der Waals surface area (Å²) < 4.78 is 58.2. The first-order valence-corrected chi connectivity index (χ1v) is 15.3. The lowest BCUT2D eigenvalue weighted by Gasteiger charge is -2.20. The summed E-state index contributed by atoms with van der Waals surface area (Å²) in [6.45, 7) is 4.03. The number of imidazole rings is 1. The SMILES string of the molecule is CC[C@@H]1CC(NS(=O)(=O)C2CC2)C[C@@H]1n1cnc2cnc3c(ccn3S(=O)(=O)c3ccc(C)cc3)c21. The summed E-state index contributed by atoms with van der Waals surface area (Å²) in [5, 5.41) is 0.462. The van der Waals surface area contributed by atoms with E-state index in [2.05, 4.69) is 26.2 Å². The van der Waals surface area contributed by atoms with E-state index in [0.29, 0.717) is 23.0 Å². The Labute approximate surface area is 210 Å². The van der Waals surface area contributed by atoms with Crippen molar-refractivity contribution >= 4 is 42.1 Å². The van der Waals surface area contributed by atoms with Crippen LogP contribution in [0, 0.1) is 12.8 Å². The maximum absolute atomic E-state index is 13.4. The summed E-state index contributed by atoms with van der Waals surface area (Å²) in [5.41, 5.74) is 2.84. The quantitative estimate of drug-likeness (QED) is 0.391. The van der Waals surface area contributed by atoms with Gasteiger partial charge in [0.25, 0.3) is 10.0 Å². The van der Waals surface area contributed by atoms with Crippen molar-refractivity contribution in [1.29, 1.82) is 0 Å². The summed E-state index contributed by atoms with van der Waals surface area (Å²) in [6.07, 6.45) is 8.75. The molecular weight excluding hydrogens is 498 g/mol. The van der Waals surface area contributed by atoms with Gasteiger partial charge in [0.05, 0.1) is 28.2 Å². The van der Waals surface area contributed by atoms with Gasteiger partial charge in [-0.05, 0) is 56.7 Å². The number of fused-ring (bicyclic) bond motifs is 3. The van der Waals surface area contributed by atoms with Crippen molar-refractivity contribution in [3.8, 4) is 0 Å². The third-order valence-electron chi connectivity index (χ3n) is 7.62. The zero-order valence-corrected chi connectivity index (χ0v) is 21.8. The molecule has 2 fully saturated rings. The summed E-state index contributed by atoms with van der Waals surface area (Å²) >= 11 is 0. The minimum Gasteiger partial charge on any atom is -0.326 e. The molecule has 3 aromatic heterocycles. The molecule has 1 aromatic carbocycles. The van der Waals surface area contributed by atoms with Gasteiger partial charge in [-0.2, -0.15) is 0 Å². The van der Waals surface area contributed by atoms with Crippen molar-refractivity contribution < 1.29 is 16.8 Å². The first-order chi connectivity index (χ1) is 17.2. The van der Waals surface area contributed by atoms with Crippen molar-refractivity contribution in [3.63, 3.8) is 0 Å². The Hall–Kier alpha value is -2.76. The van der Waals surface area contributed by atoms with Crippen LogP contribution >= 0.6 is 0 Å². The molecule has 0 radical (unpaired) electrons. The number of benzene rings is 1. The van der Waals surface area contributed by atoms with Crippen molar-refractivity contribution in [3.05, 3.63) is 54.6 Å². The second-order valence-corrected chi connectivity index (χ2v) is 13.9. The van der Waals surface area contributed by atoms with Crippen molar-refractivity contribution in [2.45, 2.75) is 68.2 Å². The second kappa shape index (κ2) is 8.39. The van der Waals surface area contributed by atoms with Gasteiger partial charge in [-0.15, -0.1) is 0 Å². The molecule has 0 saturated heterocycles. The number of sulfonamides is 1. The molecule has 3 atom stereocenters. The van der Waals surface area contributed by atoms with Crippen LogP contribution in [0.3, 0.4) is 0 Å². The summed E-state index contributed by atoms with van der Waals surface area (Å²) in [7, 11) is -7.09. The molecule has 0 spiro atoms. The van der Waals surface area contributed by atoms with Gasteiger partial charge in [0.2, 0.25) is 10.0 Å². The predicted molar refractivity (Wildman–Crippen MR) is 138 cm³/mol. The standard InChI is InChI=1S/C25H29N5O4S2/c1-3-17-12-18(28-35(31,32)19-8-9-19)13-23(17)29-15-27-22-14-26-25-21(24(22)29)10-11-30(25)36(33,34)20-6-4-16(2)5-7-20/h4-7,10-11,14-15,17-19,23,28H,3,8-9,12-13H2,1-2H3/t17-,18?,23+/m1/s1. The molecule has 6 rings (SSSR count). The fourth-order valence-electron chi connectivity index (χ4n) is 5.54. The second-order valence-electron chi connectivity index (χ2n) is 10.1. The topological polar surface area (TPSA) is 116 Å². The highest BCUT2D eigenvalue weighted by atomic mass is 32.2. The van der Waals surface area contributed by atoms with Gasteiger partial charge in [0.15, 0.2) is 5.65 Å². The molecule has 0 amide bonds. The highest BCUT2D eigenvalue weighted by molar-refractivity contribution is 7.90. The lowest BCUT2D eigenvalue weighted by Crippen LogP contribution is -2.35. The average Bonchev–Trinajstić information content (AvgIpc) is 3.31. The van der Waals surface area contributed by atoms with Crippen LogP contribution in [-0.4, -0.2) is 46.6 Å². The average molecular weight is 528 g/mol. The van der Waals surface area contributed by atoms with E-state index in [1.807, 2.05) is 6.92 Å². The molecule has 190 valence electrons. The highest BCUT2D eigenvalue weighted by Crippen LogP contribution is 2.42. The van der Waals surface area contributed by atoms with Crippen LogP contribution in [0.15, 0.2) is 53.9 Å². The minimum absolute atomic E-state index is 0.0505. The van der Waals surface area contributed by atoms with Crippen LogP contribution in [-0.2, 0) is 20.0 Å². The van der Waals surface area contributed by atoms with Crippen LogP contribution in [0.4, 0.5) is 0 Å². The highest BCUT2D eigenvalue weighted by Gasteiger charge is 2.41. The fraction of sp³-hybridized carbons (Fsp3) is 0.440. The van der Waals surface area contributed by atoms with Crippen LogP contribution in [0.5, 0.6) is 0 Å². The molecule has 1 N–H and O–H groups in total. The molecule has 2 saturated carbocycles. The Morgan fingerprint density at radius 1 is 1.03 bits per heavy atom. The number of nitrogens with zero attached hydrogens (tertiary/aromatic N) is 4. The van der Waals surface area contributed by atoms with Crippen molar-refractivity contribution in [2.75, 3.05) is 0 Å². The minimum atomic E-state index is -3.82. The lowest BCUT2D eigenvalue weighted by molar-refractivity contribution is 0.377. The van der Waals surface area contributed by atoms with Gasteiger partial charge in [-0.1, -0.05) is 31.0 Å². The van der Waals surface area contributed by atoms with Crippen LogP contribution in [0.2, 0.25) is 0 Å². The van der Waals surface area contributed by atoms with Gasteiger partial charge in [-0.3, -0.25) is 0 Å². The molecule has 3 heterocycles. The third kappa shape index (κ3) is 3.84. The van der Waals surface area contributed by atoms with Crippen LogP contribution < -0.4 is 4.72 Å². The molecule has 11 heteroatoms. The largest absolute Gasteiger partial charge is 0.326 e. The zero-order chi connectivity index (χ0) is 25.2. The van der Waals surface area contributed by atoms with E-state index < -0.39 is 20.0 Å². The molecular formula is C25H29N5O4S2. The predicted octanol–water partition coefficient (Wildman–Crippen LogP) is 3.74. The fourth-order valence-corrected chi connectivity index (χ4v) is 8.45. The smallest absolute Gasteiger partial charge is 0.269 e. The lowest BCUT2D eigenvalue weighted by atomic mass is 10.0. The Balaban J connectivity index is 1.40. The van der Waals surface area contributed by atoms with Crippen molar-refractivity contribution in [1.82, 2.24) is 23.2 Å². The number of aryl methyl sites for hydroxylation is 1. The number of pyridine rings is 1. The molecule has 9 nitrogen and oxygen atoms in total. The number of rotatable bonds is 7. The summed E-state index contributed by atoms with van der Waals surface area (Å²) in [6, 6.07) is 8.47. The maximum Gasteiger partial charge on any atom is 0.269 e. The van der Waals surface area contributed by atoms with E-state index >= 15 is 0 Å². The maximum atomic E-state index is 13.4. The number of nitrogens with one attached hydrogen (secondary N) is 1. The first-order valence-electron chi connectivity index (χ1n) is 12.3. The van der Waals surface area contributed by atoms with Gasteiger partial charge in [0.1, 0.15) is 5.52 Å². The normalized spacial score (nSPS) is 23.1. The van der Waals surface area contributed by atoms with Crippen molar-refractivity contribution in [2.24, 2.45) is 5.92 Å². The van der Waals surface area contributed by atoms with E-state index in [4.69, 9.17) is 0 Å². The number of hydrogen-bond acceptors (Lipinski definition) is 6. The van der Waals surface area contributed by atoms with E-state index in [0.717, 1.165) is 36.8 Å². The molecule has 4 aromatic rings. The van der Waals surface area contributed by atoms with Crippen LogP contribution in [0.25, 0.3) is 22.1 Å². The van der Waals surface area contributed by atoms with Gasteiger partial charge in [0, 0.05) is 23.7 Å². The molecule has 2 aliphatic rings. The van der Waals surface area contributed by atoms with E-state index in [1.54, 1.807) is 49.1 Å². The van der Waals surface area contributed by atoms with Crippen LogP contribution in [0.1, 0.15) is 50.6 Å². The van der Waals surface area contributed by atoms with Gasteiger partial charge in [-0.25, -0.2) is 35.5 Å². The molecule has 0 bridgehead atoms. The summed E-state index contributed by atoms with van der Waals surface area (Å²) in [5.74, 6) is 0.274. The third-order valence-corrected chi connectivity index (χ3v) is 11.3. The molecule has 36 heavy (non-hydrogen) atoms. The van der Waals surface area contributed by atoms with E-state index in [9.17, 15) is 16.8 Å². The first kappa shape index (κ1) is 23.6. The van der Waals surface area contributed by atoms with E-state index in [1.165, 1.54) is 3.97 Å². The molecule has 1 unspecified atom stereocenters. The summed E-state index contributed by atoms with van der Waals surface area (Å²) in [4.78, 5) is 9.23. The zero-order valence-electron chi connectivity index (χ0n) is 20.2. The molecule has 0 aliphatic heterocycles. The number of hydrogen-bond donors (Lipinski definition) is 1. The monoisotopic (exact) mass is 527 g/mol. The Bertz CT molecular complexity index is 1670. The Morgan fingerprint density at radius 2 is 1.78 bits per heavy atom. The Morgan fingerprint density at radius 3 is 2.47 bits per heavy atom. The Kier molecular flexibility index (Phi) is 5.51. The molecule has 2 aliphatic carbocycles. The van der Waals surface area contributed by atoms with Gasteiger partial charge < -0.3 is 4.57 Å². The number of aromatic nitrogens is 4. The van der Waals surface area contributed by atoms with E-state index in [-0.39, 0.29) is 28.1 Å².